The van der Waals surface area contributed by atoms with E-state index in [1.54, 1.807) is 0 Å². The summed E-state index contributed by atoms with van der Waals surface area (Å²) in [5.74, 6) is -2.57. The van der Waals surface area contributed by atoms with Gasteiger partial charge in [-0.25, -0.2) is 4.39 Å². The minimum Gasteiger partial charge on any atom is -0.359 e. The predicted molar refractivity (Wildman–Crippen MR) is 62.4 cm³/mol. The molecule has 2 amide bonds. The van der Waals surface area contributed by atoms with Crippen molar-refractivity contribution in [3.63, 3.8) is 0 Å². The summed E-state index contributed by atoms with van der Waals surface area (Å²) in [6, 6.07) is 1.96. The van der Waals surface area contributed by atoms with Crippen LogP contribution in [-0.4, -0.2) is 25.4 Å². The molecule has 1 aromatic rings. The van der Waals surface area contributed by atoms with E-state index in [0.717, 1.165) is 6.07 Å². The number of hydrogen-bond donors (Lipinski definition) is 2. The lowest BCUT2D eigenvalue weighted by atomic mass is 10.1. The lowest BCUT2D eigenvalue weighted by molar-refractivity contribution is -0.140. The van der Waals surface area contributed by atoms with E-state index in [4.69, 9.17) is 0 Å². The van der Waals surface area contributed by atoms with Gasteiger partial charge in [-0.05, 0) is 18.2 Å². The van der Waals surface area contributed by atoms with Crippen LogP contribution in [0.1, 0.15) is 22.3 Å². The molecule has 0 aliphatic heterocycles. The minimum absolute atomic E-state index is 0.00440. The van der Waals surface area contributed by atoms with Gasteiger partial charge in [-0.1, -0.05) is 0 Å². The lowest BCUT2D eigenvalue weighted by Crippen LogP contribution is -2.29. The van der Waals surface area contributed by atoms with Crippen LogP contribution in [0.2, 0.25) is 0 Å². The van der Waals surface area contributed by atoms with Crippen LogP contribution in [0.5, 0.6) is 0 Å². The molecule has 0 radical (unpaired) electrons. The summed E-state index contributed by atoms with van der Waals surface area (Å²) in [5, 5.41) is 4.60. The molecule has 1 rings (SSSR count). The molecular weight excluding hydrogens is 280 g/mol. The Hall–Kier alpha value is -2.12. The van der Waals surface area contributed by atoms with Gasteiger partial charge >= 0.3 is 6.18 Å². The highest BCUT2D eigenvalue weighted by molar-refractivity contribution is 5.94. The smallest absolute Gasteiger partial charge is 0.359 e. The average molecular weight is 292 g/mol. The van der Waals surface area contributed by atoms with Crippen molar-refractivity contribution in [3.05, 3.63) is 35.1 Å². The molecule has 0 heterocycles. The normalized spacial score (nSPS) is 11.1. The first kappa shape index (κ1) is 15.9. The molecule has 2 N–H and O–H groups in total. The third-order valence-corrected chi connectivity index (χ3v) is 2.45. The molecule has 20 heavy (non-hydrogen) atoms. The Bertz CT molecular complexity index is 515. The Labute approximate surface area is 112 Å². The Kier molecular flexibility index (Phi) is 5.06. The molecule has 1 aromatic carbocycles. The van der Waals surface area contributed by atoms with Crippen LogP contribution in [-0.2, 0) is 11.0 Å². The molecule has 0 spiro atoms. The Morgan fingerprint density at radius 1 is 1.25 bits per heavy atom. The molecular formula is C12H12F4N2O2. The van der Waals surface area contributed by atoms with Crippen LogP contribution < -0.4 is 10.6 Å². The molecule has 4 nitrogen and oxygen atoms in total. The number of nitrogens with one attached hydrogen (secondary N) is 2. The van der Waals surface area contributed by atoms with Crippen LogP contribution >= 0.6 is 0 Å². The topological polar surface area (TPSA) is 58.2 Å². The Balaban J connectivity index is 2.77. The summed E-state index contributed by atoms with van der Waals surface area (Å²) in [6.07, 6.45) is -4.88. The van der Waals surface area contributed by atoms with Gasteiger partial charge in [0.2, 0.25) is 5.91 Å². The first-order valence-electron chi connectivity index (χ1n) is 5.61. The number of alkyl halides is 3. The maximum Gasteiger partial charge on any atom is 0.419 e. The highest BCUT2D eigenvalue weighted by Gasteiger charge is 2.34. The zero-order valence-corrected chi connectivity index (χ0v) is 10.5. The van der Waals surface area contributed by atoms with Crippen LogP contribution in [0.3, 0.4) is 0 Å². The van der Waals surface area contributed by atoms with Crippen LogP contribution in [0.4, 0.5) is 17.6 Å². The number of benzene rings is 1. The van der Waals surface area contributed by atoms with Gasteiger partial charge in [0.1, 0.15) is 5.82 Å². The van der Waals surface area contributed by atoms with Crippen molar-refractivity contribution in [3.8, 4) is 0 Å². The number of amides is 2. The van der Waals surface area contributed by atoms with Gasteiger partial charge in [0, 0.05) is 25.6 Å². The number of halogens is 4. The van der Waals surface area contributed by atoms with Crippen molar-refractivity contribution in [2.24, 2.45) is 0 Å². The van der Waals surface area contributed by atoms with Gasteiger partial charge in [-0.15, -0.1) is 0 Å². The summed E-state index contributed by atoms with van der Waals surface area (Å²) in [6.45, 7) is -0.0305. The molecule has 0 aliphatic rings. The number of carbonyl (C=O) groups is 2. The van der Waals surface area contributed by atoms with E-state index >= 15 is 0 Å². The van der Waals surface area contributed by atoms with E-state index in [-0.39, 0.29) is 24.4 Å². The number of rotatable bonds is 4. The fourth-order valence-corrected chi connectivity index (χ4v) is 1.40. The van der Waals surface area contributed by atoms with E-state index in [0.29, 0.717) is 12.1 Å². The maximum absolute atomic E-state index is 13.0. The zero-order chi connectivity index (χ0) is 15.3. The van der Waals surface area contributed by atoms with Gasteiger partial charge in [-0.3, -0.25) is 9.59 Å². The van der Waals surface area contributed by atoms with Gasteiger partial charge in [-0.2, -0.15) is 13.2 Å². The molecule has 0 unspecified atom stereocenters. The van der Waals surface area contributed by atoms with Crippen LogP contribution in [0, 0.1) is 5.82 Å². The second-order valence-corrected chi connectivity index (χ2v) is 3.87. The average Bonchev–Trinajstić information content (AvgIpc) is 2.37. The molecule has 110 valence electrons. The predicted octanol–water partition coefficient (Wildman–Crippen LogP) is 1.71. The SMILES string of the molecule is CNC(=O)CCNC(=O)c1ccc(F)c(C(F)(F)F)c1. The molecule has 0 saturated carbocycles. The van der Waals surface area contributed by atoms with E-state index in [1.807, 2.05) is 0 Å². The van der Waals surface area contributed by atoms with E-state index in [9.17, 15) is 27.2 Å². The second kappa shape index (κ2) is 6.36. The molecule has 0 saturated heterocycles. The fraction of sp³-hybridized carbons (Fsp3) is 0.333. The standard InChI is InChI=1S/C12H12F4N2O2/c1-17-10(19)4-5-18-11(20)7-2-3-9(13)8(6-7)12(14,15)16/h2-3,6H,4-5H2,1H3,(H,17,19)(H,18,20). The first-order valence-corrected chi connectivity index (χ1v) is 5.61. The van der Waals surface area contributed by atoms with Crippen molar-refractivity contribution in [1.29, 1.82) is 0 Å². The van der Waals surface area contributed by atoms with Crippen molar-refractivity contribution >= 4 is 11.8 Å². The van der Waals surface area contributed by atoms with E-state index < -0.39 is 23.5 Å². The molecule has 0 fully saturated rings. The molecule has 0 aromatic heterocycles. The molecule has 8 heteroatoms. The molecule has 0 aliphatic carbocycles. The Morgan fingerprint density at radius 3 is 2.45 bits per heavy atom. The minimum atomic E-state index is -4.87. The van der Waals surface area contributed by atoms with Crippen molar-refractivity contribution < 1.29 is 27.2 Å². The fourth-order valence-electron chi connectivity index (χ4n) is 1.40. The summed E-state index contributed by atoms with van der Waals surface area (Å²) in [4.78, 5) is 22.5. The van der Waals surface area contributed by atoms with E-state index in [1.165, 1.54) is 7.05 Å². The summed E-state index contributed by atoms with van der Waals surface area (Å²) >= 11 is 0. The largest absolute Gasteiger partial charge is 0.419 e. The van der Waals surface area contributed by atoms with Crippen LogP contribution in [0.25, 0.3) is 0 Å². The summed E-state index contributed by atoms with van der Waals surface area (Å²) < 4.78 is 50.4. The molecule has 0 atom stereocenters. The number of hydrogen-bond acceptors (Lipinski definition) is 2. The zero-order valence-electron chi connectivity index (χ0n) is 10.5. The van der Waals surface area contributed by atoms with Crippen molar-refractivity contribution in [2.45, 2.75) is 12.6 Å². The molecule has 0 bridgehead atoms. The van der Waals surface area contributed by atoms with Gasteiger partial charge in [0.15, 0.2) is 0 Å². The van der Waals surface area contributed by atoms with Crippen LogP contribution in [0.15, 0.2) is 18.2 Å². The highest BCUT2D eigenvalue weighted by atomic mass is 19.4. The maximum atomic E-state index is 13.0. The van der Waals surface area contributed by atoms with Gasteiger partial charge in [0.05, 0.1) is 5.56 Å². The van der Waals surface area contributed by atoms with Crippen molar-refractivity contribution in [1.82, 2.24) is 10.6 Å². The number of carbonyl (C=O) groups excluding carboxylic acids is 2. The van der Waals surface area contributed by atoms with Crippen molar-refractivity contribution in [2.75, 3.05) is 13.6 Å². The highest BCUT2D eigenvalue weighted by Crippen LogP contribution is 2.31. The summed E-state index contributed by atoms with van der Waals surface area (Å²) in [5.41, 5.74) is -1.83. The van der Waals surface area contributed by atoms with Gasteiger partial charge in [0.25, 0.3) is 5.91 Å². The first-order chi connectivity index (χ1) is 9.25. The third kappa shape index (κ3) is 4.22. The second-order valence-electron chi connectivity index (χ2n) is 3.87. The Morgan fingerprint density at radius 2 is 1.90 bits per heavy atom. The lowest BCUT2D eigenvalue weighted by Gasteiger charge is -2.10. The quantitative estimate of drug-likeness (QED) is 0.830. The summed E-state index contributed by atoms with van der Waals surface area (Å²) in [7, 11) is 1.42. The van der Waals surface area contributed by atoms with Gasteiger partial charge < -0.3 is 10.6 Å². The third-order valence-electron chi connectivity index (χ3n) is 2.45. The van der Waals surface area contributed by atoms with E-state index in [2.05, 4.69) is 10.6 Å². The monoisotopic (exact) mass is 292 g/mol.